The third kappa shape index (κ3) is 2.99. The Morgan fingerprint density at radius 1 is 1.24 bits per heavy atom. The normalized spacial score (nSPS) is 20.5. The Morgan fingerprint density at radius 2 is 2.00 bits per heavy atom. The number of rotatable bonds is 3. The summed E-state index contributed by atoms with van der Waals surface area (Å²) in [5, 5.41) is 0.687. The summed E-state index contributed by atoms with van der Waals surface area (Å²) in [7, 11) is 0. The van der Waals surface area contributed by atoms with Crippen LogP contribution < -0.4 is 15.2 Å². The average molecular weight is 304 g/mol. The summed E-state index contributed by atoms with van der Waals surface area (Å²) in [5.41, 5.74) is 8.34. The summed E-state index contributed by atoms with van der Waals surface area (Å²) >= 11 is 6.02. The summed E-state index contributed by atoms with van der Waals surface area (Å²) < 4.78 is 11.5. The molecule has 110 valence electrons. The van der Waals surface area contributed by atoms with Crippen molar-refractivity contribution in [2.45, 2.75) is 25.5 Å². The first-order valence-electron chi connectivity index (χ1n) is 7.12. The monoisotopic (exact) mass is 303 g/mol. The molecule has 21 heavy (non-hydrogen) atoms. The van der Waals surface area contributed by atoms with Gasteiger partial charge in [-0.1, -0.05) is 23.7 Å². The first kappa shape index (κ1) is 14.2. The van der Waals surface area contributed by atoms with Crippen LogP contribution in [0.4, 0.5) is 0 Å². The van der Waals surface area contributed by atoms with E-state index in [0.29, 0.717) is 11.6 Å². The van der Waals surface area contributed by atoms with E-state index in [1.54, 1.807) is 0 Å². The van der Waals surface area contributed by atoms with Crippen molar-refractivity contribution in [1.29, 1.82) is 0 Å². The van der Waals surface area contributed by atoms with Crippen LogP contribution in [0, 0.1) is 0 Å². The fourth-order valence-corrected chi connectivity index (χ4v) is 2.81. The van der Waals surface area contributed by atoms with Crippen LogP contribution in [0.15, 0.2) is 42.5 Å². The molecule has 0 amide bonds. The smallest absolute Gasteiger partial charge is 0.126 e. The lowest BCUT2D eigenvalue weighted by Gasteiger charge is -2.30. The Labute approximate surface area is 129 Å². The Kier molecular flexibility index (Phi) is 4.04. The van der Waals surface area contributed by atoms with Gasteiger partial charge in [0.15, 0.2) is 0 Å². The van der Waals surface area contributed by atoms with Gasteiger partial charge in [-0.05, 0) is 42.8 Å². The largest absolute Gasteiger partial charge is 0.494 e. The molecule has 4 heteroatoms. The molecule has 0 saturated heterocycles. The highest BCUT2D eigenvalue weighted by Gasteiger charge is 2.27. The second-order valence-electron chi connectivity index (χ2n) is 5.13. The van der Waals surface area contributed by atoms with Crippen LogP contribution in [0.5, 0.6) is 11.5 Å². The molecule has 0 aromatic heterocycles. The lowest BCUT2D eigenvalue weighted by atomic mass is 9.93. The molecule has 0 radical (unpaired) electrons. The Morgan fingerprint density at radius 3 is 2.71 bits per heavy atom. The van der Waals surface area contributed by atoms with Crippen molar-refractivity contribution < 1.29 is 9.47 Å². The molecule has 0 bridgehead atoms. The molecule has 0 aliphatic carbocycles. The van der Waals surface area contributed by atoms with Crippen molar-refractivity contribution in [2.75, 3.05) is 6.61 Å². The van der Waals surface area contributed by atoms with Gasteiger partial charge in [-0.3, -0.25) is 0 Å². The highest BCUT2D eigenvalue weighted by molar-refractivity contribution is 6.30. The topological polar surface area (TPSA) is 44.5 Å². The van der Waals surface area contributed by atoms with Gasteiger partial charge in [-0.25, -0.2) is 0 Å². The summed E-state index contributed by atoms with van der Waals surface area (Å²) in [4.78, 5) is 0. The van der Waals surface area contributed by atoms with Crippen LogP contribution in [0.25, 0.3) is 0 Å². The standard InChI is InChI=1S/C17H18ClNO2/c1-2-20-13-6-3-11(4-7-13)17-10-15(19)14-9-12(18)5-8-16(14)21-17/h3-9,15,17H,2,10,19H2,1H3/t15-,17?/m0/s1. The SMILES string of the molecule is CCOc1ccc(C2C[C@H](N)c3cc(Cl)ccc3O2)cc1. The van der Waals surface area contributed by atoms with Gasteiger partial charge in [-0.2, -0.15) is 0 Å². The number of halogens is 1. The van der Waals surface area contributed by atoms with Crippen molar-refractivity contribution in [1.82, 2.24) is 0 Å². The number of hydrogen-bond donors (Lipinski definition) is 1. The number of fused-ring (bicyclic) bond motifs is 1. The van der Waals surface area contributed by atoms with Crippen molar-refractivity contribution in [3.63, 3.8) is 0 Å². The van der Waals surface area contributed by atoms with Crippen LogP contribution in [-0.2, 0) is 0 Å². The van der Waals surface area contributed by atoms with E-state index in [9.17, 15) is 0 Å². The van der Waals surface area contributed by atoms with Crippen LogP contribution in [-0.4, -0.2) is 6.61 Å². The van der Waals surface area contributed by atoms with Crippen molar-refractivity contribution in [3.8, 4) is 11.5 Å². The molecule has 0 saturated carbocycles. The average Bonchev–Trinajstić information content (AvgIpc) is 2.49. The molecule has 3 rings (SSSR count). The quantitative estimate of drug-likeness (QED) is 0.921. The Bertz CT molecular complexity index is 627. The first-order chi connectivity index (χ1) is 10.2. The lowest BCUT2D eigenvalue weighted by molar-refractivity contribution is 0.161. The van der Waals surface area contributed by atoms with E-state index < -0.39 is 0 Å². The zero-order valence-corrected chi connectivity index (χ0v) is 12.6. The molecule has 0 fully saturated rings. The second kappa shape index (κ2) is 5.96. The number of hydrogen-bond acceptors (Lipinski definition) is 3. The van der Waals surface area contributed by atoms with Gasteiger partial charge in [-0.15, -0.1) is 0 Å². The highest BCUT2D eigenvalue weighted by atomic mass is 35.5. The van der Waals surface area contributed by atoms with Gasteiger partial charge >= 0.3 is 0 Å². The molecule has 2 aromatic rings. The molecule has 2 aromatic carbocycles. The van der Waals surface area contributed by atoms with E-state index >= 15 is 0 Å². The van der Waals surface area contributed by atoms with E-state index in [4.69, 9.17) is 26.8 Å². The van der Waals surface area contributed by atoms with Gasteiger partial charge in [0.1, 0.15) is 17.6 Å². The summed E-state index contributed by atoms with van der Waals surface area (Å²) in [5.74, 6) is 1.69. The lowest BCUT2D eigenvalue weighted by Crippen LogP contribution is -2.24. The van der Waals surface area contributed by atoms with Crippen molar-refractivity contribution in [3.05, 3.63) is 58.6 Å². The molecule has 1 aliphatic heterocycles. The summed E-state index contributed by atoms with van der Waals surface area (Å²) in [6, 6.07) is 13.5. The maximum Gasteiger partial charge on any atom is 0.126 e. The molecular formula is C17H18ClNO2. The molecule has 1 heterocycles. The minimum absolute atomic E-state index is 0.0376. The zero-order valence-electron chi connectivity index (χ0n) is 11.9. The van der Waals surface area contributed by atoms with Crippen molar-refractivity contribution in [2.24, 2.45) is 5.73 Å². The van der Waals surface area contributed by atoms with Crippen LogP contribution in [0.1, 0.15) is 36.6 Å². The van der Waals surface area contributed by atoms with E-state index in [-0.39, 0.29) is 12.1 Å². The molecule has 1 unspecified atom stereocenters. The number of nitrogens with two attached hydrogens (primary N) is 1. The molecule has 0 spiro atoms. The second-order valence-corrected chi connectivity index (χ2v) is 5.57. The first-order valence-corrected chi connectivity index (χ1v) is 7.49. The van der Waals surface area contributed by atoms with Gasteiger partial charge < -0.3 is 15.2 Å². The third-order valence-electron chi connectivity index (χ3n) is 3.67. The van der Waals surface area contributed by atoms with E-state index in [0.717, 1.165) is 29.0 Å². The minimum Gasteiger partial charge on any atom is -0.494 e. The van der Waals surface area contributed by atoms with Gasteiger partial charge in [0, 0.05) is 23.0 Å². The van der Waals surface area contributed by atoms with Gasteiger partial charge in [0.25, 0.3) is 0 Å². The predicted octanol–water partition coefficient (Wildman–Crippen LogP) is 4.26. The molecule has 1 aliphatic rings. The molecule has 3 nitrogen and oxygen atoms in total. The Hall–Kier alpha value is -1.71. The zero-order chi connectivity index (χ0) is 14.8. The third-order valence-corrected chi connectivity index (χ3v) is 3.91. The molecule has 2 N–H and O–H groups in total. The van der Waals surface area contributed by atoms with Gasteiger partial charge in [0.05, 0.1) is 6.61 Å². The fourth-order valence-electron chi connectivity index (χ4n) is 2.62. The molecular weight excluding hydrogens is 286 g/mol. The van der Waals surface area contributed by atoms with Crippen LogP contribution >= 0.6 is 11.6 Å². The van der Waals surface area contributed by atoms with Crippen LogP contribution in [0.2, 0.25) is 5.02 Å². The predicted molar refractivity (Wildman–Crippen MR) is 84.0 cm³/mol. The summed E-state index contributed by atoms with van der Waals surface area (Å²) in [6.45, 7) is 2.64. The highest BCUT2D eigenvalue weighted by Crippen LogP contribution is 2.40. The Balaban J connectivity index is 1.83. The molecule has 2 atom stereocenters. The van der Waals surface area contributed by atoms with E-state index in [2.05, 4.69) is 0 Å². The maximum absolute atomic E-state index is 6.26. The van der Waals surface area contributed by atoms with Crippen LogP contribution in [0.3, 0.4) is 0 Å². The number of ether oxygens (including phenoxy) is 2. The summed E-state index contributed by atoms with van der Waals surface area (Å²) in [6.07, 6.45) is 0.700. The van der Waals surface area contributed by atoms with Gasteiger partial charge in [0.2, 0.25) is 0 Å². The minimum atomic E-state index is -0.0657. The maximum atomic E-state index is 6.26. The fraction of sp³-hybridized carbons (Fsp3) is 0.294. The number of benzene rings is 2. The van der Waals surface area contributed by atoms with E-state index in [1.165, 1.54) is 0 Å². The van der Waals surface area contributed by atoms with E-state index in [1.807, 2.05) is 49.4 Å². The van der Waals surface area contributed by atoms with Crippen molar-refractivity contribution >= 4 is 11.6 Å².